The summed E-state index contributed by atoms with van der Waals surface area (Å²) in [5.74, 6) is -0.725. The van der Waals surface area contributed by atoms with E-state index in [1.54, 1.807) is 0 Å². The molecule has 0 bridgehead atoms. The average Bonchev–Trinajstić information content (AvgIpc) is 1.21. The van der Waals surface area contributed by atoms with Gasteiger partial charge in [0.15, 0.2) is 0 Å². The van der Waals surface area contributed by atoms with E-state index < -0.39 is 11.9 Å². The number of aliphatic hydroxyl groups excluding tert-OH is 1. The summed E-state index contributed by atoms with van der Waals surface area (Å²) >= 11 is 0. The van der Waals surface area contributed by atoms with Crippen LogP contribution >= 0.6 is 0 Å². The first-order chi connectivity index (χ1) is 3.42. The molecule has 0 radical (unpaired) electrons. The van der Waals surface area contributed by atoms with Crippen LogP contribution in [0.1, 0.15) is 6.92 Å². The highest BCUT2D eigenvalue weighted by atomic mass is 19.4. The van der Waals surface area contributed by atoms with E-state index in [0.29, 0.717) is 0 Å². The topological polar surface area (TPSA) is 20.2 Å². The third-order valence-corrected chi connectivity index (χ3v) is 0.373. The van der Waals surface area contributed by atoms with Gasteiger partial charge in [-0.25, -0.2) is 0 Å². The van der Waals surface area contributed by atoms with Crippen molar-refractivity contribution in [1.82, 2.24) is 0 Å². The zero-order chi connectivity index (χ0) is 6.78. The van der Waals surface area contributed by atoms with Gasteiger partial charge in [-0.1, -0.05) is 0 Å². The van der Waals surface area contributed by atoms with Crippen molar-refractivity contribution in [1.29, 1.82) is 0 Å². The Labute approximate surface area is 44.4 Å². The first kappa shape index (κ1) is 7.33. The highest BCUT2D eigenvalue weighted by molar-refractivity contribution is 4.91. The van der Waals surface area contributed by atoms with Crippen molar-refractivity contribution >= 4 is 0 Å². The first-order valence-electron chi connectivity index (χ1n) is 1.87. The van der Waals surface area contributed by atoms with Gasteiger partial charge in [0, 0.05) is 0 Å². The van der Waals surface area contributed by atoms with Gasteiger partial charge < -0.3 is 5.11 Å². The van der Waals surface area contributed by atoms with Gasteiger partial charge in [0.25, 0.3) is 0 Å². The maximum Gasteiger partial charge on any atom is 0.412 e. The third-order valence-electron chi connectivity index (χ3n) is 0.373. The monoisotopic (exact) mass is 126 g/mol. The fraction of sp³-hybridized carbons (Fsp3) is 0.500. The number of allylic oxidation sites excluding steroid dienone is 2. The first-order valence-corrected chi connectivity index (χ1v) is 1.87. The maximum absolute atomic E-state index is 11.1. The molecule has 48 valence electrons. The van der Waals surface area contributed by atoms with E-state index in [1.165, 1.54) is 0 Å². The van der Waals surface area contributed by atoms with Crippen LogP contribution in [0.5, 0.6) is 0 Å². The van der Waals surface area contributed by atoms with E-state index in [4.69, 9.17) is 5.11 Å². The highest BCUT2D eigenvalue weighted by Crippen LogP contribution is 2.16. The predicted molar refractivity (Wildman–Crippen MR) is 22.4 cm³/mol. The largest absolute Gasteiger partial charge is 0.513 e. The normalized spacial score (nSPS) is 14.2. The molecule has 0 saturated carbocycles. The average molecular weight is 126 g/mol. The number of rotatable bonds is 0. The highest BCUT2D eigenvalue weighted by Gasteiger charge is 2.23. The lowest BCUT2D eigenvalue weighted by Gasteiger charge is -1.96. The molecule has 1 nitrogen and oxygen atoms in total. The van der Waals surface area contributed by atoms with Crippen molar-refractivity contribution in [3.05, 3.63) is 11.8 Å². The smallest absolute Gasteiger partial charge is 0.412 e. The van der Waals surface area contributed by atoms with Crippen LogP contribution in [0, 0.1) is 0 Å². The minimum atomic E-state index is -4.39. The second kappa shape index (κ2) is 2.07. The SMILES string of the molecule is C/C(O)=C/C(F)(F)F. The zero-order valence-corrected chi connectivity index (χ0v) is 4.16. The van der Waals surface area contributed by atoms with Crippen molar-refractivity contribution in [3.8, 4) is 0 Å². The fourth-order valence-electron chi connectivity index (χ4n) is 0.237. The Morgan fingerprint density at radius 2 is 1.88 bits per heavy atom. The lowest BCUT2D eigenvalue weighted by Crippen LogP contribution is -2.01. The van der Waals surface area contributed by atoms with Crippen LogP contribution in [-0.2, 0) is 0 Å². The zero-order valence-electron chi connectivity index (χ0n) is 4.16. The summed E-state index contributed by atoms with van der Waals surface area (Å²) in [6.07, 6.45) is -4.56. The standard InChI is InChI=1S/C4H5F3O/c1-3(8)2-4(5,6)7/h2,8H,1H3/b3-2-. The molecular formula is C4H5F3O. The van der Waals surface area contributed by atoms with Crippen LogP contribution in [-0.4, -0.2) is 11.3 Å². The van der Waals surface area contributed by atoms with Crippen molar-refractivity contribution in [3.63, 3.8) is 0 Å². The Morgan fingerprint density at radius 1 is 1.50 bits per heavy atom. The fourth-order valence-corrected chi connectivity index (χ4v) is 0.237. The van der Waals surface area contributed by atoms with Gasteiger partial charge >= 0.3 is 6.18 Å². The number of hydrogen-bond acceptors (Lipinski definition) is 1. The van der Waals surface area contributed by atoms with Crippen LogP contribution in [0.3, 0.4) is 0 Å². The van der Waals surface area contributed by atoms with Gasteiger partial charge in [0.05, 0.1) is 11.8 Å². The molecule has 0 fully saturated rings. The molecule has 4 heteroatoms. The van der Waals surface area contributed by atoms with Crippen LogP contribution in [0.2, 0.25) is 0 Å². The summed E-state index contributed by atoms with van der Waals surface area (Å²) < 4.78 is 33.2. The number of aliphatic hydroxyl groups is 1. The van der Waals surface area contributed by atoms with Crippen molar-refractivity contribution in [2.24, 2.45) is 0 Å². The van der Waals surface area contributed by atoms with Crippen LogP contribution in [0.25, 0.3) is 0 Å². The Balaban J connectivity index is 3.89. The molecule has 0 unspecified atom stereocenters. The van der Waals surface area contributed by atoms with Crippen LogP contribution < -0.4 is 0 Å². The molecule has 0 aliphatic heterocycles. The molecule has 0 spiro atoms. The Bertz CT molecular complexity index is 98.3. The van der Waals surface area contributed by atoms with E-state index in [9.17, 15) is 13.2 Å². The molecule has 0 aliphatic rings. The molecule has 0 aromatic rings. The molecule has 8 heavy (non-hydrogen) atoms. The molecule has 0 aromatic heterocycles. The molecule has 1 N–H and O–H groups in total. The molecule has 0 rings (SSSR count). The summed E-state index contributed by atoms with van der Waals surface area (Å²) in [6.45, 7) is 0.966. The Morgan fingerprint density at radius 3 is 1.88 bits per heavy atom. The summed E-state index contributed by atoms with van der Waals surface area (Å²) in [6, 6.07) is 0. The van der Waals surface area contributed by atoms with E-state index in [-0.39, 0.29) is 6.08 Å². The predicted octanol–water partition coefficient (Wildman–Crippen LogP) is 2.01. The summed E-state index contributed by atoms with van der Waals surface area (Å²) in [5.41, 5.74) is 0. The quantitative estimate of drug-likeness (QED) is 0.492. The molecule has 0 saturated heterocycles. The molecule has 0 atom stereocenters. The van der Waals surface area contributed by atoms with E-state index >= 15 is 0 Å². The summed E-state index contributed by atoms with van der Waals surface area (Å²) in [4.78, 5) is 0. The van der Waals surface area contributed by atoms with Crippen molar-refractivity contribution in [2.45, 2.75) is 13.1 Å². The number of hydrogen-bond donors (Lipinski definition) is 1. The van der Waals surface area contributed by atoms with Gasteiger partial charge in [-0.05, 0) is 6.92 Å². The minimum absolute atomic E-state index is 0.174. The van der Waals surface area contributed by atoms with Gasteiger partial charge in [0.1, 0.15) is 0 Å². The summed E-state index contributed by atoms with van der Waals surface area (Å²) in [5, 5.41) is 8.03. The lowest BCUT2D eigenvalue weighted by atomic mass is 10.5. The molecule has 0 aromatic carbocycles. The van der Waals surface area contributed by atoms with Crippen molar-refractivity contribution in [2.75, 3.05) is 0 Å². The molecule has 0 amide bonds. The van der Waals surface area contributed by atoms with E-state index in [2.05, 4.69) is 0 Å². The Hall–Kier alpha value is -0.670. The maximum atomic E-state index is 11.1. The number of alkyl halides is 3. The molecular weight excluding hydrogens is 121 g/mol. The lowest BCUT2D eigenvalue weighted by molar-refractivity contribution is -0.0820. The van der Waals surface area contributed by atoms with Gasteiger partial charge in [-0.15, -0.1) is 0 Å². The van der Waals surface area contributed by atoms with E-state index in [0.717, 1.165) is 6.92 Å². The number of halogens is 3. The van der Waals surface area contributed by atoms with E-state index in [1.807, 2.05) is 0 Å². The second-order valence-electron chi connectivity index (χ2n) is 1.33. The minimum Gasteiger partial charge on any atom is -0.513 e. The van der Waals surface area contributed by atoms with Crippen LogP contribution in [0.15, 0.2) is 11.8 Å². The van der Waals surface area contributed by atoms with Gasteiger partial charge in [-0.2, -0.15) is 13.2 Å². The summed E-state index contributed by atoms with van der Waals surface area (Å²) in [7, 11) is 0. The molecule has 0 aliphatic carbocycles. The Kier molecular flexibility index (Phi) is 1.89. The second-order valence-corrected chi connectivity index (χ2v) is 1.33. The van der Waals surface area contributed by atoms with Gasteiger partial charge in [0.2, 0.25) is 0 Å². The van der Waals surface area contributed by atoms with Crippen LogP contribution in [0.4, 0.5) is 13.2 Å². The third kappa shape index (κ3) is 5.33. The molecule has 0 heterocycles. The van der Waals surface area contributed by atoms with Gasteiger partial charge in [-0.3, -0.25) is 0 Å². The van der Waals surface area contributed by atoms with Crippen molar-refractivity contribution < 1.29 is 18.3 Å².